The minimum absolute atomic E-state index is 0.863. The third-order valence-electron chi connectivity index (χ3n) is 10.4. The van der Waals surface area contributed by atoms with Gasteiger partial charge in [0.05, 0.1) is 5.52 Å². The summed E-state index contributed by atoms with van der Waals surface area (Å²) in [6.45, 7) is 0. The summed E-state index contributed by atoms with van der Waals surface area (Å²) in [6, 6.07) is 55.3. The van der Waals surface area contributed by atoms with Crippen molar-refractivity contribution in [2.75, 3.05) is 0 Å². The highest BCUT2D eigenvalue weighted by atomic mass is 15.1. The molecule has 0 aliphatic carbocycles. The third kappa shape index (κ3) is 3.67. The number of hydrogen-bond donors (Lipinski definition) is 0. The number of aromatic nitrogens is 3. The summed E-state index contributed by atoms with van der Waals surface area (Å²) in [6.07, 6.45) is 3.70. The van der Waals surface area contributed by atoms with Crippen molar-refractivity contribution in [1.82, 2.24) is 14.5 Å². The van der Waals surface area contributed by atoms with Crippen LogP contribution in [-0.2, 0) is 0 Å². The van der Waals surface area contributed by atoms with Crippen molar-refractivity contribution in [3.8, 4) is 28.1 Å². The average Bonchev–Trinajstić information content (AvgIpc) is 3.50. The topological polar surface area (TPSA) is 30.7 Å². The zero-order chi connectivity index (χ0) is 32.1. The molecule has 3 nitrogen and oxygen atoms in total. The monoisotopic (exact) mass is 621 g/mol. The SMILES string of the molecule is c1ccc(-n2c3ccc(-c4c5ccccc5c(-c5ccc6ccc7cccc8ccc5c6c78)c5ccccc45)cc3c3cccnc32)nc1. The number of pyridine rings is 2. The lowest BCUT2D eigenvalue weighted by Crippen LogP contribution is -1.97. The molecule has 0 aliphatic heterocycles. The maximum absolute atomic E-state index is 4.82. The van der Waals surface area contributed by atoms with Crippen molar-refractivity contribution in [3.05, 3.63) is 164 Å². The molecular weight excluding hydrogens is 595 g/mol. The van der Waals surface area contributed by atoms with Gasteiger partial charge in [-0.3, -0.25) is 4.57 Å². The van der Waals surface area contributed by atoms with Crippen molar-refractivity contribution < 1.29 is 0 Å². The average molecular weight is 622 g/mol. The van der Waals surface area contributed by atoms with E-state index in [2.05, 4.69) is 132 Å². The van der Waals surface area contributed by atoms with Gasteiger partial charge in [0.25, 0.3) is 0 Å². The summed E-state index contributed by atoms with van der Waals surface area (Å²) >= 11 is 0. The molecule has 0 saturated heterocycles. The van der Waals surface area contributed by atoms with Crippen LogP contribution in [0.5, 0.6) is 0 Å². The molecule has 0 aliphatic rings. The Balaban J connectivity index is 1.23. The maximum atomic E-state index is 4.82. The van der Waals surface area contributed by atoms with Crippen molar-refractivity contribution in [1.29, 1.82) is 0 Å². The van der Waals surface area contributed by atoms with Crippen molar-refractivity contribution in [2.24, 2.45) is 0 Å². The zero-order valence-electron chi connectivity index (χ0n) is 26.4. The van der Waals surface area contributed by atoms with Crippen molar-refractivity contribution in [3.63, 3.8) is 0 Å². The molecule has 3 heteroatoms. The summed E-state index contributed by atoms with van der Waals surface area (Å²) in [7, 11) is 0. The second kappa shape index (κ2) is 9.96. The molecule has 8 aromatic carbocycles. The van der Waals surface area contributed by atoms with E-state index in [1.165, 1.54) is 76.1 Å². The molecule has 3 heterocycles. The second-order valence-electron chi connectivity index (χ2n) is 12.9. The van der Waals surface area contributed by atoms with E-state index in [1.807, 2.05) is 36.7 Å². The van der Waals surface area contributed by atoms with E-state index in [-0.39, 0.29) is 0 Å². The Hall–Kier alpha value is -6.58. The Bertz CT molecular complexity index is 3030. The van der Waals surface area contributed by atoms with Crippen molar-refractivity contribution in [2.45, 2.75) is 0 Å². The molecule has 0 amide bonds. The summed E-state index contributed by atoms with van der Waals surface area (Å²) in [4.78, 5) is 9.51. The van der Waals surface area contributed by atoms with Gasteiger partial charge in [-0.2, -0.15) is 0 Å². The number of fused-ring (bicyclic) bond motifs is 5. The van der Waals surface area contributed by atoms with Gasteiger partial charge in [0.2, 0.25) is 0 Å². The molecule has 226 valence electrons. The van der Waals surface area contributed by atoms with E-state index in [9.17, 15) is 0 Å². The number of rotatable bonds is 3. The molecule has 0 fully saturated rings. The minimum atomic E-state index is 0.863. The van der Waals surface area contributed by atoms with Crippen LogP contribution in [0.3, 0.4) is 0 Å². The largest absolute Gasteiger partial charge is 0.278 e. The van der Waals surface area contributed by atoms with Gasteiger partial charge in [0.15, 0.2) is 0 Å². The van der Waals surface area contributed by atoms with Crippen LogP contribution in [0, 0.1) is 0 Å². The van der Waals surface area contributed by atoms with E-state index in [1.54, 1.807) is 0 Å². The first-order chi connectivity index (χ1) is 24.3. The molecule has 11 aromatic rings. The smallest absolute Gasteiger partial charge is 0.146 e. The molecule has 0 saturated carbocycles. The van der Waals surface area contributed by atoms with Crippen LogP contribution in [0.2, 0.25) is 0 Å². The van der Waals surface area contributed by atoms with E-state index in [4.69, 9.17) is 9.97 Å². The molecular formula is C46H27N3. The highest BCUT2D eigenvalue weighted by Crippen LogP contribution is 2.47. The molecule has 0 radical (unpaired) electrons. The van der Waals surface area contributed by atoms with E-state index in [0.717, 1.165) is 27.8 Å². The Kier molecular flexibility index (Phi) is 5.38. The van der Waals surface area contributed by atoms with E-state index in [0.29, 0.717) is 0 Å². The summed E-state index contributed by atoms with van der Waals surface area (Å²) in [5.41, 5.74) is 6.99. The fourth-order valence-electron chi connectivity index (χ4n) is 8.40. The zero-order valence-corrected chi connectivity index (χ0v) is 26.4. The first-order valence-electron chi connectivity index (χ1n) is 16.7. The molecule has 0 N–H and O–H groups in total. The summed E-state index contributed by atoms with van der Waals surface area (Å²) in [5.74, 6) is 0.863. The molecule has 0 unspecified atom stereocenters. The lowest BCUT2D eigenvalue weighted by atomic mass is 9.83. The lowest BCUT2D eigenvalue weighted by molar-refractivity contribution is 1.06. The van der Waals surface area contributed by atoms with E-state index >= 15 is 0 Å². The molecule has 0 bridgehead atoms. The quantitative estimate of drug-likeness (QED) is 0.145. The normalized spacial score (nSPS) is 12.1. The number of benzene rings is 8. The van der Waals surface area contributed by atoms with Crippen LogP contribution in [0.4, 0.5) is 0 Å². The predicted molar refractivity (Wildman–Crippen MR) is 206 cm³/mol. The fraction of sp³-hybridized carbons (Fsp3) is 0. The van der Waals surface area contributed by atoms with Crippen LogP contribution in [0.15, 0.2) is 164 Å². The van der Waals surface area contributed by atoms with Crippen LogP contribution < -0.4 is 0 Å². The summed E-state index contributed by atoms with van der Waals surface area (Å²) in [5, 5.41) is 15.1. The number of hydrogen-bond acceptors (Lipinski definition) is 2. The van der Waals surface area contributed by atoms with Gasteiger partial charge in [-0.25, -0.2) is 9.97 Å². The molecule has 0 atom stereocenters. The van der Waals surface area contributed by atoms with Gasteiger partial charge in [-0.05, 0) is 113 Å². The minimum Gasteiger partial charge on any atom is -0.278 e. The highest BCUT2D eigenvalue weighted by molar-refractivity contribution is 6.29. The third-order valence-corrected chi connectivity index (χ3v) is 10.4. The molecule has 0 spiro atoms. The molecule has 49 heavy (non-hydrogen) atoms. The Morgan fingerprint density at radius 1 is 0.388 bits per heavy atom. The van der Waals surface area contributed by atoms with Gasteiger partial charge < -0.3 is 0 Å². The van der Waals surface area contributed by atoms with Crippen LogP contribution in [0.1, 0.15) is 0 Å². The van der Waals surface area contributed by atoms with E-state index < -0.39 is 0 Å². The first-order valence-corrected chi connectivity index (χ1v) is 16.7. The fourth-order valence-corrected chi connectivity index (χ4v) is 8.40. The van der Waals surface area contributed by atoms with Gasteiger partial charge >= 0.3 is 0 Å². The van der Waals surface area contributed by atoms with Crippen molar-refractivity contribution >= 4 is 75.8 Å². The van der Waals surface area contributed by atoms with Crippen LogP contribution >= 0.6 is 0 Å². The summed E-state index contributed by atoms with van der Waals surface area (Å²) < 4.78 is 2.17. The predicted octanol–water partition coefficient (Wildman–Crippen LogP) is 12.1. The van der Waals surface area contributed by atoms with Gasteiger partial charge in [-0.1, -0.05) is 115 Å². The van der Waals surface area contributed by atoms with Gasteiger partial charge in [0.1, 0.15) is 11.5 Å². The Labute approximate surface area is 281 Å². The Morgan fingerprint density at radius 3 is 1.76 bits per heavy atom. The molecule has 3 aromatic heterocycles. The first kappa shape index (κ1) is 26.5. The van der Waals surface area contributed by atoms with Crippen LogP contribution in [-0.4, -0.2) is 14.5 Å². The second-order valence-corrected chi connectivity index (χ2v) is 12.9. The van der Waals surface area contributed by atoms with Gasteiger partial charge in [0, 0.05) is 23.2 Å². The van der Waals surface area contributed by atoms with Crippen LogP contribution in [0.25, 0.3) is 104 Å². The number of nitrogens with zero attached hydrogens (tertiary/aromatic N) is 3. The molecule has 11 rings (SSSR count). The standard InChI is InChI=1S/C46H27N3/c1-3-13-34-32(11-1)43(31-21-24-40-39(27-31)38-15-8-26-48-46(38)49(40)41-16-5-6-25-47-41)33-12-2-4-14-35(33)45(34)37-23-20-30-18-17-28-9-7-10-29-19-22-36(37)44(30)42(28)29/h1-27H. The maximum Gasteiger partial charge on any atom is 0.146 e. The van der Waals surface area contributed by atoms with Gasteiger partial charge in [-0.15, -0.1) is 0 Å². The highest BCUT2D eigenvalue weighted by Gasteiger charge is 2.21. The Morgan fingerprint density at radius 2 is 1.02 bits per heavy atom. The lowest BCUT2D eigenvalue weighted by Gasteiger charge is -2.20.